The molecule has 1 unspecified atom stereocenters. The predicted octanol–water partition coefficient (Wildman–Crippen LogP) is 2.52. The van der Waals surface area contributed by atoms with Gasteiger partial charge in [-0.15, -0.1) is 10.2 Å². The van der Waals surface area contributed by atoms with E-state index in [9.17, 15) is 0 Å². The zero-order valence-electron chi connectivity index (χ0n) is 10.0. The van der Waals surface area contributed by atoms with E-state index in [0.29, 0.717) is 6.04 Å². The van der Waals surface area contributed by atoms with Gasteiger partial charge in [0.2, 0.25) is 0 Å². The maximum atomic E-state index is 5.91. The summed E-state index contributed by atoms with van der Waals surface area (Å²) in [4.78, 5) is 0. The van der Waals surface area contributed by atoms with E-state index in [2.05, 4.69) is 20.1 Å². The maximum absolute atomic E-state index is 5.91. The van der Waals surface area contributed by atoms with Crippen LogP contribution in [0.3, 0.4) is 0 Å². The van der Waals surface area contributed by atoms with Crippen molar-refractivity contribution in [1.29, 1.82) is 0 Å². The Morgan fingerprint density at radius 2 is 2.11 bits per heavy atom. The summed E-state index contributed by atoms with van der Waals surface area (Å²) in [5, 5.41) is 12.4. The molecule has 5 heteroatoms. The Morgan fingerprint density at radius 3 is 2.83 bits per heavy atom. The van der Waals surface area contributed by atoms with Gasteiger partial charge in [0, 0.05) is 23.2 Å². The quantitative estimate of drug-likeness (QED) is 0.904. The van der Waals surface area contributed by atoms with Gasteiger partial charge in [0.1, 0.15) is 6.33 Å². The van der Waals surface area contributed by atoms with Gasteiger partial charge in [-0.3, -0.25) is 0 Å². The third-order valence-electron chi connectivity index (χ3n) is 3.34. The van der Waals surface area contributed by atoms with E-state index >= 15 is 0 Å². The lowest BCUT2D eigenvalue weighted by Crippen LogP contribution is -2.31. The van der Waals surface area contributed by atoms with Crippen LogP contribution in [0.15, 0.2) is 30.6 Å². The lowest BCUT2D eigenvalue weighted by molar-refractivity contribution is 0.373. The molecule has 1 aliphatic heterocycles. The van der Waals surface area contributed by atoms with Gasteiger partial charge in [-0.05, 0) is 43.7 Å². The molecule has 3 rings (SSSR count). The fourth-order valence-electron chi connectivity index (χ4n) is 2.39. The summed E-state index contributed by atoms with van der Waals surface area (Å²) >= 11 is 5.91. The van der Waals surface area contributed by atoms with E-state index in [1.807, 2.05) is 30.6 Å². The number of piperidine rings is 1. The number of halogens is 1. The summed E-state index contributed by atoms with van der Waals surface area (Å²) in [5.41, 5.74) is 1.06. The molecule has 1 aliphatic rings. The van der Waals surface area contributed by atoms with Crippen LogP contribution < -0.4 is 5.32 Å². The van der Waals surface area contributed by atoms with Crippen LogP contribution in [0.4, 0.5) is 0 Å². The number of hydrogen-bond donors (Lipinski definition) is 1. The fourth-order valence-corrected chi connectivity index (χ4v) is 2.51. The molecular formula is C13H15ClN4. The minimum Gasteiger partial charge on any atom is -0.315 e. The van der Waals surface area contributed by atoms with Crippen LogP contribution >= 0.6 is 11.6 Å². The van der Waals surface area contributed by atoms with E-state index in [4.69, 9.17) is 11.6 Å². The highest BCUT2D eigenvalue weighted by Gasteiger charge is 2.18. The Hall–Kier alpha value is -1.39. The van der Waals surface area contributed by atoms with E-state index in [1.54, 1.807) is 0 Å². The summed E-state index contributed by atoms with van der Waals surface area (Å²) in [6.45, 7) is 2.09. The van der Waals surface area contributed by atoms with E-state index in [-0.39, 0.29) is 0 Å². The second-order valence-electron chi connectivity index (χ2n) is 4.57. The van der Waals surface area contributed by atoms with Gasteiger partial charge in [-0.1, -0.05) is 11.6 Å². The smallest absolute Gasteiger partial charge is 0.164 e. The summed E-state index contributed by atoms with van der Waals surface area (Å²) in [6, 6.07) is 8.18. The molecule has 0 spiro atoms. The van der Waals surface area contributed by atoms with Crippen molar-refractivity contribution in [2.75, 3.05) is 13.1 Å². The van der Waals surface area contributed by atoms with Crippen LogP contribution in [-0.2, 0) is 0 Å². The van der Waals surface area contributed by atoms with Gasteiger partial charge < -0.3 is 9.88 Å². The molecule has 2 heterocycles. The minimum atomic E-state index is 0.444. The van der Waals surface area contributed by atoms with Crippen molar-refractivity contribution in [2.45, 2.75) is 18.9 Å². The summed E-state index contributed by atoms with van der Waals surface area (Å²) < 4.78 is 2.16. The van der Waals surface area contributed by atoms with Crippen LogP contribution in [0, 0.1) is 0 Å². The number of rotatable bonds is 2. The topological polar surface area (TPSA) is 42.7 Å². The first-order valence-electron chi connectivity index (χ1n) is 6.21. The van der Waals surface area contributed by atoms with Gasteiger partial charge in [-0.25, -0.2) is 0 Å². The highest BCUT2D eigenvalue weighted by molar-refractivity contribution is 6.30. The molecule has 0 radical (unpaired) electrons. The molecule has 4 nitrogen and oxygen atoms in total. The van der Waals surface area contributed by atoms with Crippen molar-refractivity contribution in [1.82, 2.24) is 20.1 Å². The Kier molecular flexibility index (Phi) is 3.30. The largest absolute Gasteiger partial charge is 0.315 e. The lowest BCUT2D eigenvalue weighted by atomic mass is 10.1. The van der Waals surface area contributed by atoms with Gasteiger partial charge in [-0.2, -0.15) is 0 Å². The van der Waals surface area contributed by atoms with E-state index in [0.717, 1.165) is 29.5 Å². The molecule has 1 aromatic heterocycles. The number of aromatic nitrogens is 3. The molecule has 1 atom stereocenters. The first-order valence-corrected chi connectivity index (χ1v) is 6.58. The molecular weight excluding hydrogens is 248 g/mol. The highest BCUT2D eigenvalue weighted by atomic mass is 35.5. The molecule has 2 aromatic rings. The standard InChI is InChI=1S/C13H15ClN4/c14-11-5-3-10(4-6-11)13-17-16-9-18(13)12-2-1-7-15-8-12/h3-6,9,12,15H,1-2,7-8H2. The lowest BCUT2D eigenvalue weighted by Gasteiger charge is -2.24. The maximum Gasteiger partial charge on any atom is 0.164 e. The van der Waals surface area contributed by atoms with Gasteiger partial charge in [0.15, 0.2) is 5.82 Å². The number of nitrogens with zero attached hydrogens (tertiary/aromatic N) is 3. The summed E-state index contributed by atoms with van der Waals surface area (Å²) in [6.07, 6.45) is 4.19. The minimum absolute atomic E-state index is 0.444. The van der Waals surface area contributed by atoms with Crippen molar-refractivity contribution in [3.63, 3.8) is 0 Å². The molecule has 94 valence electrons. The van der Waals surface area contributed by atoms with Crippen LogP contribution in [0.5, 0.6) is 0 Å². The predicted molar refractivity (Wildman–Crippen MR) is 71.6 cm³/mol. The SMILES string of the molecule is Clc1ccc(-c2nncn2C2CCCNC2)cc1. The zero-order valence-corrected chi connectivity index (χ0v) is 10.8. The number of hydrogen-bond acceptors (Lipinski definition) is 3. The molecule has 0 bridgehead atoms. The second kappa shape index (κ2) is 5.08. The van der Waals surface area contributed by atoms with Crippen molar-refractivity contribution < 1.29 is 0 Å². The van der Waals surface area contributed by atoms with Crippen molar-refractivity contribution in [3.8, 4) is 11.4 Å². The van der Waals surface area contributed by atoms with Crippen LogP contribution in [0.1, 0.15) is 18.9 Å². The molecule has 0 amide bonds. The Balaban J connectivity index is 1.93. The molecule has 1 fully saturated rings. The average Bonchev–Trinajstić information content (AvgIpc) is 2.90. The van der Waals surface area contributed by atoms with Crippen LogP contribution in [0.25, 0.3) is 11.4 Å². The van der Waals surface area contributed by atoms with Crippen LogP contribution in [-0.4, -0.2) is 27.9 Å². The average molecular weight is 263 g/mol. The molecule has 18 heavy (non-hydrogen) atoms. The van der Waals surface area contributed by atoms with Crippen molar-refractivity contribution in [2.24, 2.45) is 0 Å². The molecule has 1 N–H and O–H groups in total. The van der Waals surface area contributed by atoms with Crippen molar-refractivity contribution in [3.05, 3.63) is 35.6 Å². The number of benzene rings is 1. The van der Waals surface area contributed by atoms with Gasteiger partial charge in [0.05, 0.1) is 0 Å². The highest BCUT2D eigenvalue weighted by Crippen LogP contribution is 2.25. The molecule has 1 saturated heterocycles. The second-order valence-corrected chi connectivity index (χ2v) is 5.01. The normalized spacial score (nSPS) is 19.9. The summed E-state index contributed by atoms with van der Waals surface area (Å²) in [5.74, 6) is 0.917. The molecule has 0 aliphatic carbocycles. The first-order chi connectivity index (χ1) is 8.84. The van der Waals surface area contributed by atoms with Crippen LogP contribution in [0.2, 0.25) is 5.02 Å². The molecule has 0 saturated carbocycles. The Morgan fingerprint density at radius 1 is 1.28 bits per heavy atom. The zero-order chi connectivity index (χ0) is 12.4. The van der Waals surface area contributed by atoms with Crippen molar-refractivity contribution >= 4 is 11.6 Å². The van der Waals surface area contributed by atoms with Gasteiger partial charge >= 0.3 is 0 Å². The first kappa shape index (κ1) is 11.7. The Bertz CT molecular complexity index is 514. The Labute approximate surface area is 111 Å². The third kappa shape index (κ3) is 2.26. The summed E-state index contributed by atoms with van der Waals surface area (Å²) in [7, 11) is 0. The van der Waals surface area contributed by atoms with Gasteiger partial charge in [0.25, 0.3) is 0 Å². The van der Waals surface area contributed by atoms with E-state index < -0.39 is 0 Å². The third-order valence-corrected chi connectivity index (χ3v) is 3.59. The molecule has 1 aromatic carbocycles. The fraction of sp³-hybridized carbons (Fsp3) is 0.385. The number of nitrogens with one attached hydrogen (secondary N) is 1. The van der Waals surface area contributed by atoms with E-state index in [1.165, 1.54) is 12.8 Å². The monoisotopic (exact) mass is 262 g/mol.